The molecule has 0 aliphatic carbocycles. The number of ether oxygens (including phenoxy) is 1. The molecule has 2 aromatic carbocycles. The molecular weight excluding hydrogens is 274 g/mol. The van der Waals surface area contributed by atoms with Crippen molar-refractivity contribution in [2.75, 3.05) is 0 Å². The largest absolute Gasteiger partial charge is 0.488 e. The number of benzene rings is 2. The van der Waals surface area contributed by atoms with E-state index in [0.717, 1.165) is 17.1 Å². The Morgan fingerprint density at radius 3 is 2.59 bits per heavy atom. The lowest BCUT2D eigenvalue weighted by atomic mass is 10.2. The van der Waals surface area contributed by atoms with Gasteiger partial charge in [0, 0.05) is 18.1 Å². The number of hydrogen-bond donors (Lipinski definition) is 0. The summed E-state index contributed by atoms with van der Waals surface area (Å²) < 4.78 is 7.75. The van der Waals surface area contributed by atoms with E-state index in [-0.39, 0.29) is 0 Å². The molecule has 0 unspecified atom stereocenters. The number of imidazole rings is 1. The number of para-hydroxylation sites is 1. The van der Waals surface area contributed by atoms with Crippen molar-refractivity contribution in [3.63, 3.8) is 0 Å². The van der Waals surface area contributed by atoms with Crippen LogP contribution in [0.2, 0.25) is 0 Å². The smallest absolute Gasteiger partial charge is 0.137 e. The zero-order valence-electron chi connectivity index (χ0n) is 12.2. The summed E-state index contributed by atoms with van der Waals surface area (Å²) in [6.45, 7) is 2.40. The summed E-state index contributed by atoms with van der Waals surface area (Å²) in [5, 5.41) is 9.04. The zero-order valence-corrected chi connectivity index (χ0v) is 12.2. The Bertz CT molecular complexity index is 813. The molecule has 4 nitrogen and oxygen atoms in total. The van der Waals surface area contributed by atoms with Gasteiger partial charge in [0.2, 0.25) is 0 Å². The second kappa shape index (κ2) is 6.15. The summed E-state index contributed by atoms with van der Waals surface area (Å²) in [6.07, 6.45) is 3.72. The van der Waals surface area contributed by atoms with Crippen LogP contribution < -0.4 is 4.74 Å². The fraction of sp³-hybridized carbons (Fsp3) is 0.111. The molecule has 0 radical (unpaired) electrons. The number of nitriles is 1. The van der Waals surface area contributed by atoms with Crippen LogP contribution in [0.25, 0.3) is 5.69 Å². The summed E-state index contributed by atoms with van der Waals surface area (Å²) in [7, 11) is 0. The third kappa shape index (κ3) is 2.84. The minimum Gasteiger partial charge on any atom is -0.488 e. The average Bonchev–Trinajstić information content (AvgIpc) is 3.00. The van der Waals surface area contributed by atoms with Crippen molar-refractivity contribution in [1.82, 2.24) is 9.55 Å². The highest BCUT2D eigenvalue weighted by molar-refractivity contribution is 5.43. The van der Waals surface area contributed by atoms with E-state index in [1.807, 2.05) is 60.2 Å². The summed E-state index contributed by atoms with van der Waals surface area (Å²) in [5.41, 5.74) is 2.67. The molecule has 0 aliphatic heterocycles. The first-order valence-electron chi connectivity index (χ1n) is 6.99. The Hall–Kier alpha value is -3.06. The summed E-state index contributed by atoms with van der Waals surface area (Å²) >= 11 is 0. The first-order chi connectivity index (χ1) is 10.8. The standard InChI is InChI=1S/C18H15N3O/c1-14-20-10-11-21(14)17-8-6-15(7-9-17)13-22-18-5-3-2-4-16(18)12-19/h2-11H,13H2,1H3. The Kier molecular flexibility index (Phi) is 3.88. The molecule has 3 aromatic rings. The van der Waals surface area contributed by atoms with Gasteiger partial charge in [-0.1, -0.05) is 24.3 Å². The molecule has 0 fully saturated rings. The topological polar surface area (TPSA) is 50.8 Å². The van der Waals surface area contributed by atoms with Crippen molar-refractivity contribution in [2.24, 2.45) is 0 Å². The second-order valence-electron chi connectivity index (χ2n) is 4.91. The van der Waals surface area contributed by atoms with Gasteiger partial charge in [0.05, 0.1) is 5.56 Å². The maximum atomic E-state index is 9.04. The lowest BCUT2D eigenvalue weighted by molar-refractivity contribution is 0.305. The molecule has 3 rings (SSSR count). The van der Waals surface area contributed by atoms with E-state index in [1.165, 1.54) is 0 Å². The Morgan fingerprint density at radius 1 is 1.14 bits per heavy atom. The van der Waals surface area contributed by atoms with E-state index >= 15 is 0 Å². The summed E-state index contributed by atoms with van der Waals surface area (Å²) in [5.74, 6) is 1.56. The molecule has 4 heteroatoms. The first-order valence-corrected chi connectivity index (χ1v) is 6.99. The minimum absolute atomic E-state index is 0.432. The van der Waals surface area contributed by atoms with Crippen LogP contribution in [0.4, 0.5) is 0 Å². The summed E-state index contributed by atoms with van der Waals surface area (Å²) in [6, 6.07) is 17.5. The Labute approximate surface area is 129 Å². The van der Waals surface area contributed by atoms with Gasteiger partial charge in [0.1, 0.15) is 24.3 Å². The number of hydrogen-bond acceptors (Lipinski definition) is 3. The van der Waals surface area contributed by atoms with Gasteiger partial charge >= 0.3 is 0 Å². The molecule has 1 aromatic heterocycles. The van der Waals surface area contributed by atoms with Crippen LogP contribution in [0, 0.1) is 18.3 Å². The molecule has 0 N–H and O–H groups in total. The maximum absolute atomic E-state index is 9.04. The van der Waals surface area contributed by atoms with Crippen LogP contribution in [-0.2, 0) is 6.61 Å². The van der Waals surface area contributed by atoms with Gasteiger partial charge in [-0.2, -0.15) is 5.26 Å². The van der Waals surface area contributed by atoms with Crippen molar-refractivity contribution in [1.29, 1.82) is 5.26 Å². The molecule has 0 bridgehead atoms. The lowest BCUT2D eigenvalue weighted by Gasteiger charge is -2.09. The van der Waals surface area contributed by atoms with Gasteiger partial charge in [0.25, 0.3) is 0 Å². The van der Waals surface area contributed by atoms with E-state index in [9.17, 15) is 0 Å². The van der Waals surface area contributed by atoms with Crippen molar-refractivity contribution in [3.8, 4) is 17.5 Å². The van der Waals surface area contributed by atoms with E-state index in [2.05, 4.69) is 11.1 Å². The second-order valence-corrected chi connectivity index (χ2v) is 4.91. The summed E-state index contributed by atoms with van der Waals surface area (Å²) in [4.78, 5) is 4.22. The van der Waals surface area contributed by atoms with Gasteiger partial charge in [-0.15, -0.1) is 0 Å². The fourth-order valence-corrected chi connectivity index (χ4v) is 2.25. The fourth-order valence-electron chi connectivity index (χ4n) is 2.25. The van der Waals surface area contributed by atoms with E-state index in [1.54, 1.807) is 12.3 Å². The minimum atomic E-state index is 0.432. The van der Waals surface area contributed by atoms with Gasteiger partial charge in [-0.3, -0.25) is 0 Å². The highest BCUT2D eigenvalue weighted by Crippen LogP contribution is 2.19. The van der Waals surface area contributed by atoms with Crippen LogP contribution >= 0.6 is 0 Å². The monoisotopic (exact) mass is 289 g/mol. The molecule has 0 spiro atoms. The van der Waals surface area contributed by atoms with Crippen LogP contribution in [0.15, 0.2) is 60.9 Å². The first kappa shape index (κ1) is 13.9. The van der Waals surface area contributed by atoms with Crippen molar-refractivity contribution >= 4 is 0 Å². The van der Waals surface area contributed by atoms with Crippen LogP contribution in [0.1, 0.15) is 17.0 Å². The lowest BCUT2D eigenvalue weighted by Crippen LogP contribution is -1.99. The van der Waals surface area contributed by atoms with Crippen molar-refractivity contribution in [2.45, 2.75) is 13.5 Å². The zero-order chi connectivity index (χ0) is 15.4. The molecule has 0 aliphatic rings. The molecule has 22 heavy (non-hydrogen) atoms. The quantitative estimate of drug-likeness (QED) is 0.737. The highest BCUT2D eigenvalue weighted by Gasteiger charge is 2.03. The van der Waals surface area contributed by atoms with Crippen LogP contribution in [-0.4, -0.2) is 9.55 Å². The van der Waals surface area contributed by atoms with Crippen LogP contribution in [0.5, 0.6) is 5.75 Å². The number of aromatic nitrogens is 2. The van der Waals surface area contributed by atoms with Gasteiger partial charge in [-0.25, -0.2) is 4.98 Å². The third-order valence-corrected chi connectivity index (χ3v) is 3.44. The normalized spacial score (nSPS) is 10.2. The van der Waals surface area contributed by atoms with E-state index < -0.39 is 0 Å². The predicted molar refractivity (Wildman–Crippen MR) is 83.8 cm³/mol. The maximum Gasteiger partial charge on any atom is 0.137 e. The van der Waals surface area contributed by atoms with Crippen molar-refractivity contribution in [3.05, 3.63) is 77.9 Å². The third-order valence-electron chi connectivity index (χ3n) is 3.44. The van der Waals surface area contributed by atoms with E-state index in [4.69, 9.17) is 10.00 Å². The van der Waals surface area contributed by atoms with Crippen molar-refractivity contribution < 1.29 is 4.74 Å². The van der Waals surface area contributed by atoms with Gasteiger partial charge < -0.3 is 9.30 Å². The average molecular weight is 289 g/mol. The molecule has 1 heterocycles. The Balaban J connectivity index is 1.72. The van der Waals surface area contributed by atoms with Gasteiger partial charge in [-0.05, 0) is 36.8 Å². The van der Waals surface area contributed by atoms with E-state index in [0.29, 0.717) is 17.9 Å². The molecule has 108 valence electrons. The number of rotatable bonds is 4. The molecule has 0 amide bonds. The molecule has 0 saturated heterocycles. The molecular formula is C18H15N3O. The molecule has 0 saturated carbocycles. The number of nitrogens with zero attached hydrogens (tertiary/aromatic N) is 3. The predicted octanol–water partition coefficient (Wildman–Crippen LogP) is 3.63. The highest BCUT2D eigenvalue weighted by atomic mass is 16.5. The number of aryl methyl sites for hydroxylation is 1. The Morgan fingerprint density at radius 2 is 1.91 bits per heavy atom. The SMILES string of the molecule is Cc1nccn1-c1ccc(COc2ccccc2C#N)cc1. The van der Waals surface area contributed by atoms with Gasteiger partial charge in [0.15, 0.2) is 0 Å². The van der Waals surface area contributed by atoms with Crippen LogP contribution in [0.3, 0.4) is 0 Å². The molecule has 0 atom stereocenters.